The Kier molecular flexibility index (Phi) is 4.58. The lowest BCUT2D eigenvalue weighted by Gasteiger charge is -2.17. The number of hydrogen-bond donors (Lipinski definition) is 1. The minimum Gasteiger partial charge on any atom is -0.302 e. The molecular formula is C17H18N2O3S2. The Morgan fingerprint density at radius 2 is 1.88 bits per heavy atom. The highest BCUT2D eigenvalue weighted by molar-refractivity contribution is 7.89. The fourth-order valence-corrected chi connectivity index (χ4v) is 4.94. The van der Waals surface area contributed by atoms with Crippen molar-refractivity contribution in [3.05, 3.63) is 63.8 Å². The molecule has 0 spiro atoms. The lowest BCUT2D eigenvalue weighted by atomic mass is 10.1. The molecule has 0 saturated heterocycles. The summed E-state index contributed by atoms with van der Waals surface area (Å²) in [5, 5.41) is 0. The van der Waals surface area contributed by atoms with E-state index < -0.39 is 10.0 Å². The van der Waals surface area contributed by atoms with Crippen molar-refractivity contribution in [3.8, 4) is 0 Å². The molecule has 5 nitrogen and oxygen atoms in total. The molecule has 0 amide bonds. The fraction of sp³-hybridized carbons (Fsp3) is 0.235. The number of rotatable bonds is 5. The third-order valence-corrected chi connectivity index (χ3v) is 6.45. The Balaban J connectivity index is 1.96. The number of sulfonamides is 1. The number of aromatic nitrogens is 1. The first kappa shape index (κ1) is 16.9. The van der Waals surface area contributed by atoms with Crippen LogP contribution in [0.15, 0.2) is 58.2 Å². The van der Waals surface area contributed by atoms with Crippen molar-refractivity contribution < 1.29 is 8.42 Å². The van der Waals surface area contributed by atoms with Crippen molar-refractivity contribution in [2.75, 3.05) is 0 Å². The quantitative estimate of drug-likeness (QED) is 0.758. The molecule has 1 N–H and O–H groups in total. The maximum Gasteiger partial charge on any atom is 0.307 e. The molecular weight excluding hydrogens is 344 g/mol. The Bertz CT molecular complexity index is 1020. The van der Waals surface area contributed by atoms with Gasteiger partial charge >= 0.3 is 4.87 Å². The number of nitrogens with one attached hydrogen (secondary N) is 1. The van der Waals surface area contributed by atoms with Crippen LogP contribution >= 0.6 is 11.3 Å². The van der Waals surface area contributed by atoms with Crippen LogP contribution in [0.4, 0.5) is 0 Å². The van der Waals surface area contributed by atoms with Crippen molar-refractivity contribution >= 4 is 31.6 Å². The lowest BCUT2D eigenvalue weighted by molar-refractivity contribution is 0.550. The number of fused-ring (bicyclic) bond motifs is 1. The monoisotopic (exact) mass is 362 g/mol. The third-order valence-electron chi connectivity index (χ3n) is 3.98. The lowest BCUT2D eigenvalue weighted by Crippen LogP contribution is -2.28. The minimum absolute atomic E-state index is 0.108. The van der Waals surface area contributed by atoms with Crippen molar-refractivity contribution in [2.24, 2.45) is 7.05 Å². The highest BCUT2D eigenvalue weighted by atomic mass is 32.2. The van der Waals surface area contributed by atoms with Crippen LogP contribution in [0.3, 0.4) is 0 Å². The van der Waals surface area contributed by atoms with Gasteiger partial charge < -0.3 is 4.57 Å². The van der Waals surface area contributed by atoms with Gasteiger partial charge in [0, 0.05) is 13.1 Å². The molecule has 0 aliphatic rings. The first-order valence-electron chi connectivity index (χ1n) is 7.59. The molecule has 2 aromatic carbocycles. The van der Waals surface area contributed by atoms with Crippen LogP contribution in [0.2, 0.25) is 0 Å². The topological polar surface area (TPSA) is 68.2 Å². The molecule has 0 aliphatic carbocycles. The van der Waals surface area contributed by atoms with Gasteiger partial charge in [-0.2, -0.15) is 0 Å². The largest absolute Gasteiger partial charge is 0.307 e. The molecule has 126 valence electrons. The average Bonchev–Trinajstić information content (AvgIpc) is 2.87. The summed E-state index contributed by atoms with van der Waals surface area (Å²) in [6.07, 6.45) is 0.643. The number of aryl methyl sites for hydroxylation is 1. The van der Waals surface area contributed by atoms with Gasteiger partial charge in [-0.15, -0.1) is 0 Å². The molecule has 0 saturated carbocycles. The summed E-state index contributed by atoms with van der Waals surface area (Å²) in [7, 11) is -1.99. The Morgan fingerprint density at radius 1 is 1.17 bits per heavy atom. The van der Waals surface area contributed by atoms with E-state index in [1.165, 1.54) is 10.6 Å². The van der Waals surface area contributed by atoms with Crippen molar-refractivity contribution in [1.29, 1.82) is 0 Å². The van der Waals surface area contributed by atoms with Crippen LogP contribution in [0.25, 0.3) is 10.2 Å². The van der Waals surface area contributed by atoms with E-state index in [1.807, 2.05) is 37.3 Å². The molecule has 1 atom stereocenters. The van der Waals surface area contributed by atoms with E-state index in [1.54, 1.807) is 19.2 Å². The maximum absolute atomic E-state index is 12.7. The standard InChI is InChI=1S/C17H18N2O3S2/c1-3-14(12-7-5-4-6-8-12)18-24(21,22)13-9-10-15-16(11-13)23-17(20)19(15)2/h4-11,14,18H,3H2,1-2H3/t14-/m0/s1. The summed E-state index contributed by atoms with van der Waals surface area (Å²) in [4.78, 5) is 11.8. The van der Waals surface area contributed by atoms with E-state index in [0.29, 0.717) is 11.1 Å². The second kappa shape index (κ2) is 6.51. The van der Waals surface area contributed by atoms with E-state index >= 15 is 0 Å². The summed E-state index contributed by atoms with van der Waals surface area (Å²) in [6.45, 7) is 1.94. The number of hydrogen-bond acceptors (Lipinski definition) is 4. The molecule has 0 unspecified atom stereocenters. The van der Waals surface area contributed by atoms with Gasteiger partial charge in [-0.25, -0.2) is 13.1 Å². The summed E-state index contributed by atoms with van der Waals surface area (Å²) < 4.78 is 30.4. The highest BCUT2D eigenvalue weighted by Crippen LogP contribution is 2.24. The molecule has 0 fully saturated rings. The van der Waals surface area contributed by atoms with Gasteiger partial charge in [0.25, 0.3) is 0 Å². The highest BCUT2D eigenvalue weighted by Gasteiger charge is 2.21. The van der Waals surface area contributed by atoms with Gasteiger partial charge in [-0.3, -0.25) is 4.79 Å². The molecule has 1 heterocycles. The second-order valence-electron chi connectivity index (χ2n) is 5.55. The van der Waals surface area contributed by atoms with Gasteiger partial charge in [-0.1, -0.05) is 48.6 Å². The smallest absolute Gasteiger partial charge is 0.302 e. The van der Waals surface area contributed by atoms with Crippen molar-refractivity contribution in [3.63, 3.8) is 0 Å². The summed E-state index contributed by atoms with van der Waals surface area (Å²) in [5.74, 6) is 0. The fourth-order valence-electron chi connectivity index (χ4n) is 2.61. The van der Waals surface area contributed by atoms with Crippen LogP contribution < -0.4 is 9.60 Å². The number of thiazole rings is 1. The molecule has 3 aromatic rings. The Labute approximate surface area is 144 Å². The summed E-state index contributed by atoms with van der Waals surface area (Å²) in [5.41, 5.74) is 1.66. The van der Waals surface area contributed by atoms with Crippen LogP contribution in [-0.4, -0.2) is 13.0 Å². The van der Waals surface area contributed by atoms with Gasteiger partial charge in [0.15, 0.2) is 0 Å². The first-order valence-corrected chi connectivity index (χ1v) is 9.89. The Hall–Kier alpha value is -1.96. The Morgan fingerprint density at radius 3 is 2.54 bits per heavy atom. The van der Waals surface area contributed by atoms with Gasteiger partial charge in [-0.05, 0) is 30.2 Å². The van der Waals surface area contributed by atoms with E-state index in [2.05, 4.69) is 4.72 Å². The van der Waals surface area contributed by atoms with Gasteiger partial charge in [0.05, 0.1) is 15.1 Å². The van der Waals surface area contributed by atoms with Crippen molar-refractivity contribution in [1.82, 2.24) is 9.29 Å². The minimum atomic E-state index is -3.67. The van der Waals surface area contributed by atoms with Crippen LogP contribution in [-0.2, 0) is 17.1 Å². The number of nitrogens with zero attached hydrogens (tertiary/aromatic N) is 1. The maximum atomic E-state index is 12.7. The third kappa shape index (κ3) is 3.15. The predicted octanol–water partition coefficient (Wildman–Crippen LogP) is 3.03. The zero-order valence-electron chi connectivity index (χ0n) is 13.4. The van der Waals surface area contributed by atoms with Crippen LogP contribution in [0.5, 0.6) is 0 Å². The van der Waals surface area contributed by atoms with E-state index in [9.17, 15) is 13.2 Å². The molecule has 7 heteroatoms. The predicted molar refractivity (Wildman–Crippen MR) is 96.9 cm³/mol. The molecule has 0 aliphatic heterocycles. The van der Waals surface area contributed by atoms with Crippen LogP contribution in [0, 0.1) is 0 Å². The van der Waals surface area contributed by atoms with Gasteiger partial charge in [0.1, 0.15) is 0 Å². The molecule has 3 rings (SSSR count). The molecule has 24 heavy (non-hydrogen) atoms. The van der Waals surface area contributed by atoms with E-state index in [0.717, 1.165) is 22.4 Å². The zero-order valence-corrected chi connectivity index (χ0v) is 15.0. The van der Waals surface area contributed by atoms with E-state index in [4.69, 9.17) is 0 Å². The second-order valence-corrected chi connectivity index (χ2v) is 8.26. The first-order chi connectivity index (χ1) is 11.4. The van der Waals surface area contributed by atoms with E-state index in [-0.39, 0.29) is 15.8 Å². The molecule has 1 aromatic heterocycles. The summed E-state index contributed by atoms with van der Waals surface area (Å²) in [6, 6.07) is 14.0. The SMILES string of the molecule is CC[C@H](NS(=O)(=O)c1ccc2c(c1)sc(=O)n2C)c1ccccc1. The normalized spacial score (nSPS) is 13.2. The zero-order chi connectivity index (χ0) is 17.3. The summed E-state index contributed by atoms with van der Waals surface area (Å²) >= 11 is 1.05. The number of benzene rings is 2. The molecule has 0 radical (unpaired) electrons. The van der Waals surface area contributed by atoms with Gasteiger partial charge in [0.2, 0.25) is 10.0 Å². The van der Waals surface area contributed by atoms with Crippen molar-refractivity contribution in [2.45, 2.75) is 24.3 Å². The van der Waals surface area contributed by atoms with Crippen LogP contribution in [0.1, 0.15) is 24.9 Å². The average molecular weight is 362 g/mol. The molecule has 0 bridgehead atoms.